The summed E-state index contributed by atoms with van der Waals surface area (Å²) in [6, 6.07) is 40.8. The minimum atomic E-state index is -1.94. The molecule has 92 heavy (non-hydrogen) atoms. The van der Waals surface area contributed by atoms with Crippen LogP contribution in [0.5, 0.6) is 5.75 Å². The van der Waals surface area contributed by atoms with E-state index < -0.39 is 29.0 Å². The van der Waals surface area contributed by atoms with Crippen LogP contribution in [0.4, 0.5) is 15.6 Å². The molecule has 21 heteroatoms. The maximum absolute atomic E-state index is 14.6. The number of cyclic esters (lactones) is 1. The topological polar surface area (TPSA) is 240 Å². The van der Waals surface area contributed by atoms with Crippen LogP contribution in [-0.4, -0.2) is 86.3 Å². The number of nitrogens with one attached hydrogen (secondary N) is 2. The Morgan fingerprint density at radius 2 is 1.32 bits per heavy atom. The normalized spacial score (nSPS) is 14.2. The number of ether oxygens (including phenoxy) is 2. The molecule has 0 bridgehead atoms. The number of aliphatic hydroxyl groups is 1. The Balaban J connectivity index is 0.737. The van der Waals surface area contributed by atoms with Gasteiger partial charge in [-0.3, -0.25) is 44.2 Å². The summed E-state index contributed by atoms with van der Waals surface area (Å²) in [5.41, 5.74) is 8.12. The van der Waals surface area contributed by atoms with Crippen molar-refractivity contribution in [3.05, 3.63) is 230 Å². The molecule has 0 saturated heterocycles. The highest BCUT2D eigenvalue weighted by atomic mass is 32.1. The molecule has 0 aliphatic carbocycles. The maximum Gasteiger partial charge on any atom is 0.343 e. The molecule has 0 fully saturated rings. The van der Waals surface area contributed by atoms with Gasteiger partial charge >= 0.3 is 18.0 Å². The molecule has 7 aromatic heterocycles. The minimum absolute atomic E-state index is 0.0389. The molecule has 2 aliphatic heterocycles. The van der Waals surface area contributed by atoms with Crippen LogP contribution in [0, 0.1) is 5.41 Å². The zero-order valence-electron chi connectivity index (χ0n) is 51.9. The van der Waals surface area contributed by atoms with E-state index in [1.807, 2.05) is 100 Å². The van der Waals surface area contributed by atoms with Crippen LogP contribution in [0.15, 0.2) is 163 Å². The minimum Gasteiger partial charge on any atom is -0.458 e. The summed E-state index contributed by atoms with van der Waals surface area (Å²) < 4.78 is 13.7. The third-order valence-corrected chi connectivity index (χ3v) is 17.8. The van der Waals surface area contributed by atoms with Crippen molar-refractivity contribution in [2.45, 2.75) is 112 Å². The summed E-state index contributed by atoms with van der Waals surface area (Å²) in [4.78, 5) is 104. The number of pyridine rings is 6. The van der Waals surface area contributed by atoms with E-state index in [9.17, 15) is 29.1 Å². The molecule has 2 aliphatic rings. The van der Waals surface area contributed by atoms with E-state index in [-0.39, 0.29) is 60.8 Å². The van der Waals surface area contributed by atoms with Gasteiger partial charge in [0.05, 0.1) is 67.6 Å². The standard InChI is InChI=1S/C71H70N12O8S/c1-6-54-55-35-53(27-28-59(55)78-62-56(54)43-83-60(62)36-58-57(64(83)84)44-90-67(87)71(58,89)7-2)91-65(85)45-23-25-48(26-24-45)77-68(88)76-33-16-34-82(66(86)70(3,4)5)69-79-61-46(37-80(39-49-17-8-12-29-72-49)40-50-18-9-13-30-73-50)21-22-47(63(61)92-69)38-81(41-51-19-10-14-31-74-51)42-52-20-11-15-32-75-52/h8-15,17-32,35-36,89H,6-7,16,33-34,37-44H2,1-5H3,(H2,76,77,88). The van der Waals surface area contributed by atoms with Crippen molar-refractivity contribution in [1.82, 2.24) is 49.6 Å². The SMILES string of the molecule is CCc1c2c(nc3ccc(OC(=O)c4ccc(NC(=O)NCCCN(C(=O)C(C)(C)C)c5nc6c(CN(Cc7ccccn7)Cc7ccccn7)ccc(CN(Cc7ccccn7)Cc7ccccn7)c6s5)cc4)cc13)-c1cc3c(c(=O)n1C2)COC(=O)C3(O)CC. The number of aryl methyl sites for hydroxylation is 1. The zero-order valence-corrected chi connectivity index (χ0v) is 52.7. The second kappa shape index (κ2) is 26.9. The quantitative estimate of drug-likeness (QED) is 0.0325. The number of aromatic nitrogens is 7. The van der Waals surface area contributed by atoms with Crippen molar-refractivity contribution in [3.63, 3.8) is 0 Å². The number of hydrogen-bond donors (Lipinski definition) is 3. The van der Waals surface area contributed by atoms with Crippen LogP contribution in [0.3, 0.4) is 0 Å². The molecule has 1 atom stereocenters. The molecule has 468 valence electrons. The van der Waals surface area contributed by atoms with Crippen LogP contribution in [-0.2, 0) is 78.8 Å². The number of carbonyl (C=O) groups excluding carboxylic acids is 4. The summed E-state index contributed by atoms with van der Waals surface area (Å²) in [7, 11) is 0. The van der Waals surface area contributed by atoms with E-state index >= 15 is 0 Å². The van der Waals surface area contributed by atoms with Gasteiger partial charge in [-0.2, -0.15) is 0 Å². The van der Waals surface area contributed by atoms with E-state index in [1.54, 1.807) is 89.7 Å². The van der Waals surface area contributed by atoms with E-state index in [4.69, 9.17) is 19.4 Å². The Labute approximate surface area is 536 Å². The lowest BCUT2D eigenvalue weighted by atomic mass is 9.86. The zero-order chi connectivity index (χ0) is 64.1. The van der Waals surface area contributed by atoms with Crippen molar-refractivity contribution in [2.24, 2.45) is 5.41 Å². The molecule has 0 radical (unpaired) electrons. The Bertz CT molecular complexity index is 4230. The second-order valence-electron chi connectivity index (χ2n) is 24.1. The van der Waals surface area contributed by atoms with Crippen LogP contribution < -0.4 is 25.8 Å². The summed E-state index contributed by atoms with van der Waals surface area (Å²) in [6.07, 6.45) is 8.24. The molecule has 9 heterocycles. The lowest BCUT2D eigenvalue weighted by molar-refractivity contribution is -0.172. The number of fused-ring (bicyclic) bond motifs is 6. The maximum atomic E-state index is 14.6. The molecule has 20 nitrogen and oxygen atoms in total. The lowest BCUT2D eigenvalue weighted by Gasteiger charge is -2.31. The van der Waals surface area contributed by atoms with Crippen molar-refractivity contribution >= 4 is 67.2 Å². The number of nitrogens with zero attached hydrogens (tertiary/aromatic N) is 10. The molecule has 0 spiro atoms. The molecule has 12 rings (SSSR count). The number of urea groups is 1. The third kappa shape index (κ3) is 13.4. The van der Waals surface area contributed by atoms with E-state index in [2.05, 4.69) is 52.5 Å². The number of rotatable bonds is 22. The van der Waals surface area contributed by atoms with Gasteiger partial charge in [0.15, 0.2) is 10.7 Å². The summed E-state index contributed by atoms with van der Waals surface area (Å²) >= 11 is 1.49. The fourth-order valence-electron chi connectivity index (χ4n) is 11.9. The van der Waals surface area contributed by atoms with Gasteiger partial charge in [-0.05, 0) is 133 Å². The fraction of sp³-hybridized carbons (Fsp3) is 0.282. The Morgan fingerprint density at radius 1 is 0.717 bits per heavy atom. The average molecular weight is 1250 g/mol. The Morgan fingerprint density at radius 3 is 1.88 bits per heavy atom. The molecule has 3 aromatic carbocycles. The lowest BCUT2D eigenvalue weighted by Crippen LogP contribution is -2.44. The highest BCUT2D eigenvalue weighted by Gasteiger charge is 2.45. The van der Waals surface area contributed by atoms with Gasteiger partial charge < -0.3 is 29.8 Å². The first kappa shape index (κ1) is 62.3. The smallest absolute Gasteiger partial charge is 0.343 e. The highest BCUT2D eigenvalue weighted by Crippen LogP contribution is 2.42. The van der Waals surface area contributed by atoms with Crippen LogP contribution in [0.1, 0.15) is 114 Å². The number of thiazole rings is 1. The number of carbonyl (C=O) groups is 4. The molecular weight excluding hydrogens is 1180 g/mol. The summed E-state index contributed by atoms with van der Waals surface area (Å²) in [5.74, 6) is -1.21. The van der Waals surface area contributed by atoms with Crippen LogP contribution in [0.2, 0.25) is 0 Å². The van der Waals surface area contributed by atoms with Crippen LogP contribution in [0.25, 0.3) is 32.5 Å². The third-order valence-electron chi connectivity index (χ3n) is 16.6. The van der Waals surface area contributed by atoms with Gasteiger partial charge in [-0.15, -0.1) is 0 Å². The summed E-state index contributed by atoms with van der Waals surface area (Å²) in [5, 5.41) is 18.5. The van der Waals surface area contributed by atoms with Gasteiger partial charge in [0.2, 0.25) is 5.91 Å². The average Bonchev–Trinajstić information content (AvgIpc) is 1.49. The van der Waals surface area contributed by atoms with E-state index in [0.717, 1.165) is 60.6 Å². The van der Waals surface area contributed by atoms with E-state index in [1.165, 1.54) is 11.3 Å². The first-order valence-corrected chi connectivity index (χ1v) is 31.6. The molecule has 10 aromatic rings. The monoisotopic (exact) mass is 1250 g/mol. The van der Waals surface area contributed by atoms with Crippen LogP contribution >= 0.6 is 11.3 Å². The Kier molecular flexibility index (Phi) is 18.2. The first-order valence-electron chi connectivity index (χ1n) is 30.8. The first-order chi connectivity index (χ1) is 44.5. The number of benzene rings is 3. The summed E-state index contributed by atoms with van der Waals surface area (Å²) in [6.45, 7) is 13.2. The number of esters is 2. The molecule has 3 amide bonds. The predicted molar refractivity (Wildman–Crippen MR) is 351 cm³/mol. The molecule has 3 N–H and O–H groups in total. The number of hydrogen-bond acceptors (Lipinski definition) is 17. The van der Waals surface area contributed by atoms with Gasteiger partial charge in [0.1, 0.15) is 12.4 Å². The van der Waals surface area contributed by atoms with Gasteiger partial charge in [-0.25, -0.2) is 24.4 Å². The fourth-order valence-corrected chi connectivity index (χ4v) is 13.1. The molecule has 0 saturated carbocycles. The van der Waals surface area contributed by atoms with Gasteiger partial charge in [0.25, 0.3) is 5.56 Å². The Hall–Kier alpha value is -9.93. The van der Waals surface area contributed by atoms with Crippen molar-refractivity contribution < 1.29 is 33.8 Å². The van der Waals surface area contributed by atoms with Crippen molar-refractivity contribution in [3.8, 4) is 17.1 Å². The highest BCUT2D eigenvalue weighted by molar-refractivity contribution is 7.22. The largest absolute Gasteiger partial charge is 0.458 e. The second-order valence-corrected chi connectivity index (χ2v) is 25.1. The molecule has 1 unspecified atom stereocenters. The van der Waals surface area contributed by atoms with Gasteiger partial charge in [0, 0.05) is 105 Å². The van der Waals surface area contributed by atoms with E-state index in [0.29, 0.717) is 85.6 Å². The van der Waals surface area contributed by atoms with Gasteiger partial charge in [-0.1, -0.05) is 82.4 Å². The van der Waals surface area contributed by atoms with Crippen molar-refractivity contribution in [2.75, 3.05) is 23.3 Å². The predicted octanol–water partition coefficient (Wildman–Crippen LogP) is 11.0. The molecular formula is C71H70N12O8S. The number of anilines is 2. The number of amides is 3. The van der Waals surface area contributed by atoms with Crippen molar-refractivity contribution in [1.29, 1.82) is 0 Å².